The van der Waals surface area contributed by atoms with Crippen LogP contribution in [-0.2, 0) is 35.3 Å². The van der Waals surface area contributed by atoms with Crippen LogP contribution in [0.25, 0.3) is 11.1 Å². The zero-order valence-corrected chi connectivity index (χ0v) is 25.5. The van der Waals surface area contributed by atoms with Gasteiger partial charge in [-0.2, -0.15) is 13.2 Å². The topological polar surface area (TPSA) is 118 Å². The standard InChI is InChI=1S/C35H35F3N4O4/c1-34(2,40-20-26-6-5-17-46-26)19-31(43)41-29-15-13-24-18-25(35(36,37)38)14-16-30(24)42(33(29)45)21-22-9-11-23(12-10-22)27-7-3-4-8-28(27)32(39)44/h3-12,14,16-18,29,40H,13,15,19-21H2,1-2H3,(H2,39,44)(H,41,43). The number of carbonyl (C=O) groups excluding carboxylic acids is 3. The van der Waals surface area contributed by atoms with Gasteiger partial charge in [-0.25, -0.2) is 0 Å². The Morgan fingerprint density at radius 3 is 2.41 bits per heavy atom. The second-order valence-electron chi connectivity index (χ2n) is 12.0. The van der Waals surface area contributed by atoms with E-state index >= 15 is 0 Å². The SMILES string of the molecule is CC(C)(CC(=O)NC1CCc2cc(C(F)(F)F)ccc2N(Cc2ccc(-c3ccccc3C(N)=O)cc2)C1=O)NCc1ccco1. The molecular formula is C35H35F3N4O4. The van der Waals surface area contributed by atoms with Gasteiger partial charge in [-0.05, 0) is 85.3 Å². The maximum absolute atomic E-state index is 14.0. The van der Waals surface area contributed by atoms with Gasteiger partial charge in [-0.3, -0.25) is 14.4 Å². The molecule has 3 amide bonds. The van der Waals surface area contributed by atoms with Crippen molar-refractivity contribution in [1.82, 2.24) is 10.6 Å². The predicted molar refractivity (Wildman–Crippen MR) is 168 cm³/mol. The van der Waals surface area contributed by atoms with E-state index in [1.165, 1.54) is 11.0 Å². The van der Waals surface area contributed by atoms with Crippen LogP contribution in [0, 0.1) is 0 Å². The number of alkyl halides is 3. The first-order valence-electron chi connectivity index (χ1n) is 14.9. The van der Waals surface area contributed by atoms with Gasteiger partial charge < -0.3 is 25.7 Å². The molecule has 4 N–H and O–H groups in total. The quantitative estimate of drug-likeness (QED) is 0.199. The lowest BCUT2D eigenvalue weighted by Crippen LogP contribution is -2.50. The summed E-state index contributed by atoms with van der Waals surface area (Å²) >= 11 is 0. The smallest absolute Gasteiger partial charge is 0.416 e. The average Bonchev–Trinajstić information content (AvgIpc) is 3.50. The van der Waals surface area contributed by atoms with Gasteiger partial charge in [0.2, 0.25) is 17.7 Å². The van der Waals surface area contributed by atoms with E-state index in [2.05, 4.69) is 10.6 Å². The first kappa shape index (κ1) is 32.5. The summed E-state index contributed by atoms with van der Waals surface area (Å²) in [6.07, 6.45) is -2.63. The molecule has 0 aliphatic carbocycles. The molecule has 46 heavy (non-hydrogen) atoms. The van der Waals surface area contributed by atoms with Crippen molar-refractivity contribution in [2.45, 2.75) is 64.0 Å². The number of hydrogen-bond donors (Lipinski definition) is 3. The summed E-state index contributed by atoms with van der Waals surface area (Å²) in [7, 11) is 0. The number of fused-ring (bicyclic) bond motifs is 1. The van der Waals surface area contributed by atoms with E-state index in [0.717, 1.165) is 17.7 Å². The highest BCUT2D eigenvalue weighted by molar-refractivity contribution is 6.01. The van der Waals surface area contributed by atoms with Crippen LogP contribution in [-0.4, -0.2) is 29.3 Å². The van der Waals surface area contributed by atoms with E-state index in [-0.39, 0.29) is 31.7 Å². The molecular weight excluding hydrogens is 597 g/mol. The van der Waals surface area contributed by atoms with Crippen LogP contribution in [0.3, 0.4) is 0 Å². The van der Waals surface area contributed by atoms with Crippen molar-refractivity contribution >= 4 is 23.4 Å². The van der Waals surface area contributed by atoms with Crippen molar-refractivity contribution in [3.05, 3.63) is 113 Å². The maximum atomic E-state index is 14.0. The monoisotopic (exact) mass is 632 g/mol. The van der Waals surface area contributed by atoms with Crippen molar-refractivity contribution in [3.63, 3.8) is 0 Å². The van der Waals surface area contributed by atoms with Crippen LogP contribution < -0.4 is 21.3 Å². The summed E-state index contributed by atoms with van der Waals surface area (Å²) in [5.74, 6) is -0.635. The second kappa shape index (κ2) is 13.2. The fourth-order valence-corrected chi connectivity index (χ4v) is 5.62. The fourth-order valence-electron chi connectivity index (χ4n) is 5.62. The highest BCUT2D eigenvalue weighted by Gasteiger charge is 2.36. The molecule has 5 rings (SSSR count). The molecule has 11 heteroatoms. The summed E-state index contributed by atoms with van der Waals surface area (Å²) in [4.78, 5) is 40.5. The number of amides is 3. The van der Waals surface area contributed by atoms with Crippen molar-refractivity contribution in [2.75, 3.05) is 4.90 Å². The highest BCUT2D eigenvalue weighted by atomic mass is 19.4. The zero-order chi connectivity index (χ0) is 33.1. The van der Waals surface area contributed by atoms with Gasteiger partial charge >= 0.3 is 6.18 Å². The number of benzene rings is 3. The third-order valence-electron chi connectivity index (χ3n) is 8.02. The van der Waals surface area contributed by atoms with Gasteiger partial charge in [0.1, 0.15) is 11.8 Å². The summed E-state index contributed by atoms with van der Waals surface area (Å²) in [6, 6.07) is 20.1. The molecule has 8 nitrogen and oxygen atoms in total. The Morgan fingerprint density at radius 1 is 1.00 bits per heavy atom. The molecule has 2 heterocycles. The number of carbonyl (C=O) groups is 3. The van der Waals surface area contributed by atoms with E-state index in [0.29, 0.717) is 40.2 Å². The van der Waals surface area contributed by atoms with E-state index in [9.17, 15) is 27.6 Å². The highest BCUT2D eigenvalue weighted by Crippen LogP contribution is 2.36. The van der Waals surface area contributed by atoms with Crippen molar-refractivity contribution in [3.8, 4) is 11.1 Å². The number of aryl methyl sites for hydroxylation is 1. The first-order valence-corrected chi connectivity index (χ1v) is 14.9. The van der Waals surface area contributed by atoms with Crippen molar-refractivity contribution in [1.29, 1.82) is 0 Å². The number of hydrogen-bond acceptors (Lipinski definition) is 5. The Labute approximate surface area is 264 Å². The Bertz CT molecular complexity index is 1720. The number of nitrogens with zero attached hydrogens (tertiary/aromatic N) is 1. The Kier molecular flexibility index (Phi) is 9.34. The first-order chi connectivity index (χ1) is 21.8. The molecule has 1 atom stereocenters. The predicted octanol–water partition coefficient (Wildman–Crippen LogP) is 5.99. The molecule has 1 aromatic heterocycles. The Hall–Kier alpha value is -4.90. The van der Waals surface area contributed by atoms with Crippen LogP contribution in [0.1, 0.15) is 59.5 Å². The number of anilines is 1. The largest absolute Gasteiger partial charge is 0.468 e. The van der Waals surface area contributed by atoms with Crippen LogP contribution in [0.5, 0.6) is 0 Å². The molecule has 1 unspecified atom stereocenters. The third-order valence-corrected chi connectivity index (χ3v) is 8.02. The van der Waals surface area contributed by atoms with Crippen LogP contribution in [0.15, 0.2) is 89.5 Å². The molecule has 0 saturated heterocycles. The lowest BCUT2D eigenvalue weighted by Gasteiger charge is -2.29. The molecule has 3 aromatic carbocycles. The van der Waals surface area contributed by atoms with Crippen LogP contribution in [0.2, 0.25) is 0 Å². The molecule has 240 valence electrons. The molecule has 0 bridgehead atoms. The summed E-state index contributed by atoms with van der Waals surface area (Å²) in [5.41, 5.74) is 7.30. The maximum Gasteiger partial charge on any atom is 0.416 e. The minimum absolute atomic E-state index is 0.0525. The van der Waals surface area contributed by atoms with Gasteiger partial charge in [0.05, 0.1) is 24.9 Å². The lowest BCUT2D eigenvalue weighted by molar-refractivity contribution is -0.137. The Balaban J connectivity index is 1.38. The summed E-state index contributed by atoms with van der Waals surface area (Å²) < 4.78 is 46.2. The second-order valence-corrected chi connectivity index (χ2v) is 12.0. The van der Waals surface area contributed by atoms with Crippen molar-refractivity contribution in [2.24, 2.45) is 5.73 Å². The molecule has 4 aromatic rings. The molecule has 1 aliphatic heterocycles. The molecule has 0 spiro atoms. The normalized spacial score (nSPS) is 15.3. The molecule has 0 fully saturated rings. The van der Waals surface area contributed by atoms with Gasteiger partial charge in [0, 0.05) is 23.2 Å². The lowest BCUT2D eigenvalue weighted by atomic mass is 9.98. The number of rotatable bonds is 10. The molecule has 0 radical (unpaired) electrons. The van der Waals surface area contributed by atoms with Crippen LogP contribution in [0.4, 0.5) is 18.9 Å². The summed E-state index contributed by atoms with van der Waals surface area (Å²) in [5, 5.41) is 6.11. The number of furan rings is 1. The zero-order valence-electron chi connectivity index (χ0n) is 25.5. The van der Waals surface area contributed by atoms with E-state index in [4.69, 9.17) is 10.2 Å². The number of halogens is 3. The van der Waals surface area contributed by atoms with E-state index in [1.54, 1.807) is 60.9 Å². The summed E-state index contributed by atoms with van der Waals surface area (Å²) in [6.45, 7) is 4.18. The minimum Gasteiger partial charge on any atom is -0.468 e. The molecule has 0 saturated carbocycles. The molecule has 1 aliphatic rings. The van der Waals surface area contributed by atoms with E-state index in [1.807, 2.05) is 19.9 Å². The van der Waals surface area contributed by atoms with Gasteiger partial charge in [-0.1, -0.05) is 42.5 Å². The number of primary amides is 1. The van der Waals surface area contributed by atoms with E-state index < -0.39 is 35.1 Å². The number of nitrogens with two attached hydrogens (primary N) is 1. The minimum atomic E-state index is -4.55. The van der Waals surface area contributed by atoms with Gasteiger partial charge in [0.25, 0.3) is 0 Å². The van der Waals surface area contributed by atoms with Crippen molar-refractivity contribution < 1.29 is 32.0 Å². The Morgan fingerprint density at radius 2 is 1.74 bits per heavy atom. The third kappa shape index (κ3) is 7.66. The van der Waals surface area contributed by atoms with Crippen LogP contribution >= 0.6 is 0 Å². The van der Waals surface area contributed by atoms with Gasteiger partial charge in [-0.15, -0.1) is 0 Å². The fraction of sp³-hybridized carbons (Fsp3) is 0.286. The number of nitrogens with one attached hydrogen (secondary N) is 2. The average molecular weight is 633 g/mol. The van der Waals surface area contributed by atoms with Gasteiger partial charge in [0.15, 0.2) is 0 Å².